The summed E-state index contributed by atoms with van der Waals surface area (Å²) in [6.07, 6.45) is 3.03. The fraction of sp³-hybridized carbons (Fsp3) is 0.591. The molecule has 0 spiro atoms. The zero-order chi connectivity index (χ0) is 22.0. The Morgan fingerprint density at radius 3 is 2.61 bits per heavy atom. The molecule has 3 aliphatic rings. The Labute approximate surface area is 182 Å². The first-order chi connectivity index (χ1) is 15.0. The summed E-state index contributed by atoms with van der Waals surface area (Å²) in [5.41, 5.74) is 0.995. The van der Waals surface area contributed by atoms with Crippen LogP contribution in [-0.2, 0) is 4.79 Å². The molecule has 3 heterocycles. The van der Waals surface area contributed by atoms with E-state index in [-0.39, 0.29) is 19.1 Å². The maximum absolute atomic E-state index is 12.7. The van der Waals surface area contributed by atoms with Gasteiger partial charge in [-0.2, -0.15) is 0 Å². The van der Waals surface area contributed by atoms with Crippen molar-refractivity contribution in [3.63, 3.8) is 0 Å². The highest BCUT2D eigenvalue weighted by Crippen LogP contribution is 2.27. The number of urea groups is 1. The average molecular weight is 430 g/mol. The largest absolute Gasteiger partial charge is 0.491 e. The number of benzene rings is 1. The molecule has 0 bridgehead atoms. The van der Waals surface area contributed by atoms with E-state index in [4.69, 9.17) is 9.73 Å². The average Bonchev–Trinajstić information content (AvgIpc) is 2.92. The summed E-state index contributed by atoms with van der Waals surface area (Å²) in [5, 5.41) is 13.2. The van der Waals surface area contributed by atoms with Crippen LogP contribution in [0.3, 0.4) is 0 Å². The van der Waals surface area contributed by atoms with Gasteiger partial charge in [0, 0.05) is 20.1 Å². The number of hydrogen-bond donors (Lipinski definition) is 2. The van der Waals surface area contributed by atoms with Crippen LogP contribution >= 0.6 is 0 Å². The van der Waals surface area contributed by atoms with Gasteiger partial charge in [0.2, 0.25) is 0 Å². The number of likely N-dealkylation sites (tertiary alicyclic amines) is 1. The quantitative estimate of drug-likeness (QED) is 0.729. The predicted molar refractivity (Wildman–Crippen MR) is 116 cm³/mol. The molecule has 3 aliphatic heterocycles. The van der Waals surface area contributed by atoms with E-state index < -0.39 is 24.3 Å². The van der Waals surface area contributed by atoms with Gasteiger partial charge in [-0.25, -0.2) is 9.79 Å². The molecule has 9 heteroatoms. The molecule has 2 fully saturated rings. The number of para-hydroxylation sites is 1. The second-order valence-corrected chi connectivity index (χ2v) is 8.48. The fourth-order valence-corrected chi connectivity index (χ4v) is 4.42. The fourth-order valence-electron chi connectivity index (χ4n) is 4.42. The second-order valence-electron chi connectivity index (χ2n) is 8.48. The topological polar surface area (TPSA) is 97.7 Å². The molecular formula is C22H31N5O4. The van der Waals surface area contributed by atoms with E-state index >= 15 is 0 Å². The molecule has 0 aliphatic carbocycles. The standard InChI is InChI=1S/C22H31N5O4/c1-15-9-5-6-10-17(15)31-14-16(28)13-27-18-19(25(2)22(30)24-20(18)29)23-21(27)26-11-7-3-4-8-12-26/h5-6,9-10,16,18-19,28H,3-4,7-8,11-14H2,1-2H3,(H,24,29,30). The predicted octanol–water partition coefficient (Wildman–Crippen LogP) is 1.16. The Morgan fingerprint density at radius 2 is 1.90 bits per heavy atom. The number of aliphatic hydroxyl groups excluding tert-OH is 1. The van der Waals surface area contributed by atoms with Crippen LogP contribution in [0.4, 0.5) is 4.79 Å². The lowest BCUT2D eigenvalue weighted by Gasteiger charge is -2.38. The van der Waals surface area contributed by atoms with Gasteiger partial charge in [0.1, 0.15) is 18.5 Å². The molecule has 1 aromatic carbocycles. The summed E-state index contributed by atoms with van der Waals surface area (Å²) in [5.74, 6) is 1.03. The highest BCUT2D eigenvalue weighted by Gasteiger charge is 2.50. The summed E-state index contributed by atoms with van der Waals surface area (Å²) in [6.45, 7) is 3.95. The van der Waals surface area contributed by atoms with Crippen LogP contribution in [0.2, 0.25) is 0 Å². The Morgan fingerprint density at radius 1 is 1.19 bits per heavy atom. The summed E-state index contributed by atoms with van der Waals surface area (Å²) >= 11 is 0. The molecule has 31 heavy (non-hydrogen) atoms. The monoisotopic (exact) mass is 429 g/mol. The molecule has 0 radical (unpaired) electrons. The molecule has 4 rings (SSSR count). The lowest BCUT2D eigenvalue weighted by molar-refractivity contribution is -0.127. The third kappa shape index (κ3) is 4.46. The number of β-amino-alcohol motifs (C(OH)–C–C–N with tert-alkyl or cyclic N) is 1. The van der Waals surface area contributed by atoms with E-state index in [0.29, 0.717) is 5.96 Å². The van der Waals surface area contributed by atoms with E-state index in [1.165, 1.54) is 17.7 Å². The van der Waals surface area contributed by atoms with Gasteiger partial charge in [-0.15, -0.1) is 0 Å². The third-order valence-electron chi connectivity index (χ3n) is 6.16. The normalized spacial score (nSPS) is 25.0. The number of likely N-dealkylation sites (N-methyl/N-ethyl adjacent to an activating group) is 1. The number of carbonyl (C=O) groups is 2. The first-order valence-corrected chi connectivity index (χ1v) is 11.0. The zero-order valence-corrected chi connectivity index (χ0v) is 18.2. The number of aryl methyl sites for hydroxylation is 1. The van der Waals surface area contributed by atoms with Gasteiger partial charge >= 0.3 is 6.03 Å². The minimum atomic E-state index is -0.828. The van der Waals surface area contributed by atoms with Gasteiger partial charge in [0.05, 0.1) is 6.54 Å². The van der Waals surface area contributed by atoms with Crippen molar-refractivity contribution in [1.29, 1.82) is 0 Å². The SMILES string of the molecule is Cc1ccccc1OCC(O)CN1C(N2CCCCCC2)=NC2C1C(=O)NC(=O)N2C. The van der Waals surface area contributed by atoms with Crippen LogP contribution < -0.4 is 10.1 Å². The van der Waals surface area contributed by atoms with Gasteiger partial charge in [-0.3, -0.25) is 10.1 Å². The molecule has 3 atom stereocenters. The van der Waals surface area contributed by atoms with Crippen molar-refractivity contribution in [2.24, 2.45) is 4.99 Å². The van der Waals surface area contributed by atoms with E-state index in [2.05, 4.69) is 10.2 Å². The number of amides is 3. The van der Waals surface area contributed by atoms with Crippen molar-refractivity contribution in [3.05, 3.63) is 29.8 Å². The molecule has 9 nitrogen and oxygen atoms in total. The van der Waals surface area contributed by atoms with E-state index in [9.17, 15) is 14.7 Å². The summed E-state index contributed by atoms with van der Waals surface area (Å²) in [7, 11) is 1.64. The Kier molecular flexibility index (Phi) is 6.31. The maximum atomic E-state index is 12.7. The van der Waals surface area contributed by atoms with Crippen molar-refractivity contribution in [2.75, 3.05) is 33.3 Å². The van der Waals surface area contributed by atoms with Gasteiger partial charge in [-0.05, 0) is 31.4 Å². The zero-order valence-electron chi connectivity index (χ0n) is 18.2. The Balaban J connectivity index is 1.52. The highest BCUT2D eigenvalue weighted by atomic mass is 16.5. The Bertz CT molecular complexity index is 852. The minimum Gasteiger partial charge on any atom is -0.491 e. The third-order valence-corrected chi connectivity index (χ3v) is 6.16. The van der Waals surface area contributed by atoms with Crippen molar-refractivity contribution < 1.29 is 19.4 Å². The van der Waals surface area contributed by atoms with Gasteiger partial charge in [-0.1, -0.05) is 31.0 Å². The van der Waals surface area contributed by atoms with Crippen LogP contribution in [0, 0.1) is 6.92 Å². The van der Waals surface area contributed by atoms with Crippen LogP contribution in [0.5, 0.6) is 5.75 Å². The smallest absolute Gasteiger partial charge is 0.325 e. The minimum absolute atomic E-state index is 0.0996. The first kappa shape index (κ1) is 21.4. The van der Waals surface area contributed by atoms with Gasteiger partial charge < -0.3 is 24.5 Å². The number of guanidine groups is 1. The molecule has 0 saturated carbocycles. The molecular weight excluding hydrogens is 398 g/mol. The van der Waals surface area contributed by atoms with Crippen LogP contribution in [-0.4, -0.2) is 89.3 Å². The Hall–Kier alpha value is -2.81. The number of fused-ring (bicyclic) bond motifs is 1. The molecule has 2 saturated heterocycles. The summed E-state index contributed by atoms with van der Waals surface area (Å²) in [4.78, 5) is 35.1. The molecule has 3 amide bonds. The number of imide groups is 1. The van der Waals surface area contributed by atoms with E-state index in [1.54, 1.807) is 7.05 Å². The van der Waals surface area contributed by atoms with Crippen molar-refractivity contribution in [2.45, 2.75) is 50.9 Å². The number of aliphatic imine (C=N–C) groups is 1. The summed E-state index contributed by atoms with van der Waals surface area (Å²) < 4.78 is 5.82. The lowest BCUT2D eigenvalue weighted by Crippen LogP contribution is -2.65. The molecule has 2 N–H and O–H groups in total. The molecule has 3 unspecified atom stereocenters. The van der Waals surface area contributed by atoms with Gasteiger partial charge in [0.25, 0.3) is 5.91 Å². The summed E-state index contributed by atoms with van der Waals surface area (Å²) in [6, 6.07) is 6.54. The van der Waals surface area contributed by atoms with Crippen molar-refractivity contribution in [3.8, 4) is 5.75 Å². The first-order valence-electron chi connectivity index (χ1n) is 11.0. The van der Waals surface area contributed by atoms with Crippen LogP contribution in [0.15, 0.2) is 29.3 Å². The number of rotatable bonds is 5. The number of nitrogens with one attached hydrogen (secondary N) is 1. The number of carbonyl (C=O) groups excluding carboxylic acids is 2. The highest BCUT2D eigenvalue weighted by molar-refractivity contribution is 6.03. The number of nitrogens with zero attached hydrogens (tertiary/aromatic N) is 4. The number of aliphatic hydroxyl groups is 1. The van der Waals surface area contributed by atoms with Gasteiger partial charge in [0.15, 0.2) is 18.2 Å². The van der Waals surface area contributed by atoms with Crippen molar-refractivity contribution in [1.82, 2.24) is 20.0 Å². The van der Waals surface area contributed by atoms with Crippen LogP contribution in [0.25, 0.3) is 0 Å². The number of ether oxygens (including phenoxy) is 1. The second kappa shape index (κ2) is 9.13. The molecule has 0 aromatic heterocycles. The molecule has 1 aromatic rings. The van der Waals surface area contributed by atoms with Crippen molar-refractivity contribution >= 4 is 17.9 Å². The van der Waals surface area contributed by atoms with E-state index in [1.807, 2.05) is 36.1 Å². The lowest BCUT2D eigenvalue weighted by atomic mass is 10.1. The van der Waals surface area contributed by atoms with E-state index in [0.717, 1.165) is 37.2 Å². The number of hydrogen-bond acceptors (Lipinski definition) is 7. The maximum Gasteiger partial charge on any atom is 0.325 e. The van der Waals surface area contributed by atoms with Crippen LogP contribution in [0.1, 0.15) is 31.2 Å². The molecule has 168 valence electrons.